The lowest BCUT2D eigenvalue weighted by Gasteiger charge is -2.05. The van der Waals surface area contributed by atoms with Gasteiger partial charge in [0, 0.05) is 6.07 Å². The maximum Gasteiger partial charge on any atom is 0.283 e. The molecule has 0 N–H and O–H groups in total. The molecule has 0 saturated heterocycles. The second-order valence-corrected chi connectivity index (χ2v) is 4.01. The average molecular weight is 362 g/mol. The third-order valence-corrected chi connectivity index (χ3v) is 2.34. The number of pyridine rings is 1. The number of hydrogen-bond acceptors (Lipinski definition) is 4. The third kappa shape index (κ3) is 2.61. The first kappa shape index (κ1) is 13.2. The summed E-state index contributed by atoms with van der Waals surface area (Å²) >= 11 is 6.61. The summed E-state index contributed by atoms with van der Waals surface area (Å²) < 4.78 is 25.2. The Labute approximate surface area is 106 Å². The lowest BCUT2D eigenvalue weighted by Crippen LogP contribution is -2.07. The summed E-state index contributed by atoms with van der Waals surface area (Å²) in [5, 5.41) is 9.29. The molecular formula is C7H2ClF2IN2O3. The van der Waals surface area contributed by atoms with Gasteiger partial charge in [-0.1, -0.05) is 0 Å². The van der Waals surface area contributed by atoms with Crippen molar-refractivity contribution in [2.75, 3.05) is 0 Å². The van der Waals surface area contributed by atoms with Gasteiger partial charge < -0.3 is 0 Å². The summed E-state index contributed by atoms with van der Waals surface area (Å²) in [7, 11) is 0. The number of halogens is 4. The van der Waals surface area contributed by atoms with E-state index in [0.29, 0.717) is 0 Å². The van der Waals surface area contributed by atoms with Crippen molar-refractivity contribution in [2.45, 2.75) is 6.43 Å². The summed E-state index contributed by atoms with van der Waals surface area (Å²) in [5.74, 6) is 0. The highest BCUT2D eigenvalue weighted by molar-refractivity contribution is 14.1. The van der Waals surface area contributed by atoms with E-state index in [2.05, 4.69) is 4.98 Å². The Bertz CT molecular complexity index is 434. The Balaban J connectivity index is 3.60. The van der Waals surface area contributed by atoms with E-state index in [4.69, 9.17) is 11.6 Å². The molecule has 0 fully saturated rings. The topological polar surface area (TPSA) is 73.1 Å². The van der Waals surface area contributed by atoms with Gasteiger partial charge in [-0.2, -0.15) is 0 Å². The number of nitrogens with zero attached hydrogens (tertiary/aromatic N) is 2. The van der Waals surface area contributed by atoms with Crippen LogP contribution in [0.3, 0.4) is 0 Å². The zero-order valence-corrected chi connectivity index (χ0v) is 10.2. The molecular weight excluding hydrogens is 360 g/mol. The standard InChI is InChI=1S/C7H2ClF2IN2O3/c8-6(14)5-4(7(9)10)2(13(15)16)1-3(11)12-5/h1,7H. The number of carbonyl (C=O) groups excluding carboxylic acids is 1. The maximum absolute atomic E-state index is 12.6. The second kappa shape index (κ2) is 4.95. The molecule has 0 aliphatic rings. The van der Waals surface area contributed by atoms with Crippen molar-refractivity contribution in [1.29, 1.82) is 0 Å². The summed E-state index contributed by atoms with van der Waals surface area (Å²) in [6, 6.07) is 0.853. The van der Waals surface area contributed by atoms with Crippen LogP contribution in [-0.4, -0.2) is 15.1 Å². The van der Waals surface area contributed by atoms with E-state index in [1.165, 1.54) is 0 Å². The molecule has 5 nitrogen and oxygen atoms in total. The molecule has 1 heterocycles. The fourth-order valence-electron chi connectivity index (χ4n) is 1.03. The second-order valence-electron chi connectivity index (χ2n) is 2.56. The lowest BCUT2D eigenvalue weighted by molar-refractivity contribution is -0.386. The molecule has 9 heteroatoms. The lowest BCUT2D eigenvalue weighted by atomic mass is 10.1. The first-order valence-electron chi connectivity index (χ1n) is 3.67. The smallest absolute Gasteiger partial charge is 0.274 e. The number of rotatable bonds is 3. The maximum atomic E-state index is 12.6. The summed E-state index contributed by atoms with van der Waals surface area (Å²) in [6.07, 6.45) is -3.19. The van der Waals surface area contributed by atoms with Crippen LogP contribution in [0.5, 0.6) is 0 Å². The molecule has 16 heavy (non-hydrogen) atoms. The largest absolute Gasteiger partial charge is 0.283 e. The molecule has 0 saturated carbocycles. The summed E-state index contributed by atoms with van der Waals surface area (Å²) in [5.41, 5.74) is -2.70. The van der Waals surface area contributed by atoms with Crippen molar-refractivity contribution in [3.05, 3.63) is 31.1 Å². The molecule has 0 bridgehead atoms. The quantitative estimate of drug-likeness (QED) is 0.272. The summed E-state index contributed by atoms with van der Waals surface area (Å²) in [6.45, 7) is 0. The van der Waals surface area contributed by atoms with Gasteiger partial charge in [0.2, 0.25) is 0 Å². The minimum Gasteiger partial charge on any atom is -0.274 e. The Morgan fingerprint density at radius 3 is 2.56 bits per heavy atom. The van der Waals surface area contributed by atoms with E-state index in [-0.39, 0.29) is 3.70 Å². The predicted octanol–water partition coefficient (Wildman–Crippen LogP) is 2.91. The van der Waals surface area contributed by atoms with Crippen LogP contribution in [0.15, 0.2) is 6.07 Å². The molecule has 0 aromatic carbocycles. The molecule has 0 amide bonds. The Morgan fingerprint density at radius 1 is 1.62 bits per heavy atom. The van der Waals surface area contributed by atoms with Gasteiger partial charge in [-0.15, -0.1) is 0 Å². The van der Waals surface area contributed by atoms with Gasteiger partial charge >= 0.3 is 0 Å². The van der Waals surface area contributed by atoms with E-state index in [1.54, 1.807) is 22.6 Å². The first-order chi connectivity index (χ1) is 7.34. The van der Waals surface area contributed by atoms with E-state index < -0.39 is 33.5 Å². The zero-order chi connectivity index (χ0) is 12.5. The first-order valence-corrected chi connectivity index (χ1v) is 5.13. The SMILES string of the molecule is O=C(Cl)c1nc(I)cc([N+](=O)[O-])c1C(F)F. The Kier molecular flexibility index (Phi) is 4.08. The molecule has 1 rings (SSSR count). The van der Waals surface area contributed by atoms with E-state index in [0.717, 1.165) is 6.07 Å². The molecule has 0 aliphatic heterocycles. The molecule has 1 aromatic heterocycles. The molecule has 0 spiro atoms. The van der Waals surface area contributed by atoms with Crippen LogP contribution in [-0.2, 0) is 0 Å². The minimum absolute atomic E-state index is 0.0395. The van der Waals surface area contributed by atoms with Crippen LogP contribution >= 0.6 is 34.2 Å². The highest BCUT2D eigenvalue weighted by Crippen LogP contribution is 2.32. The van der Waals surface area contributed by atoms with Crippen LogP contribution in [0.25, 0.3) is 0 Å². The van der Waals surface area contributed by atoms with Gasteiger partial charge in [0.05, 0.1) is 4.92 Å². The van der Waals surface area contributed by atoms with E-state index in [9.17, 15) is 23.7 Å². The van der Waals surface area contributed by atoms with Gasteiger partial charge in [-0.05, 0) is 34.2 Å². The van der Waals surface area contributed by atoms with Crippen LogP contribution < -0.4 is 0 Å². The number of nitro groups is 1. The molecule has 1 aromatic rings. The van der Waals surface area contributed by atoms with Gasteiger partial charge in [-0.3, -0.25) is 14.9 Å². The monoisotopic (exact) mass is 362 g/mol. The number of carbonyl (C=O) groups is 1. The fraction of sp³-hybridized carbons (Fsp3) is 0.143. The molecule has 0 radical (unpaired) electrons. The van der Waals surface area contributed by atoms with Crippen LogP contribution in [0.1, 0.15) is 22.5 Å². The van der Waals surface area contributed by atoms with Crippen LogP contribution in [0.4, 0.5) is 14.5 Å². The Hall–Kier alpha value is -0.900. The van der Waals surface area contributed by atoms with Gasteiger partial charge in [0.1, 0.15) is 15.0 Å². The number of alkyl halides is 2. The normalized spacial score (nSPS) is 10.6. The molecule has 86 valence electrons. The van der Waals surface area contributed by atoms with Gasteiger partial charge in [-0.25, -0.2) is 13.8 Å². The van der Waals surface area contributed by atoms with Gasteiger partial charge in [0.25, 0.3) is 17.4 Å². The fourth-order valence-corrected chi connectivity index (χ4v) is 1.71. The average Bonchev–Trinajstić information content (AvgIpc) is 2.15. The zero-order valence-electron chi connectivity index (χ0n) is 7.29. The summed E-state index contributed by atoms with van der Waals surface area (Å²) in [4.78, 5) is 23.8. The minimum atomic E-state index is -3.19. The highest BCUT2D eigenvalue weighted by Gasteiger charge is 2.30. The van der Waals surface area contributed by atoms with Crippen molar-refractivity contribution in [3.8, 4) is 0 Å². The molecule has 0 atom stereocenters. The van der Waals surface area contributed by atoms with Crippen LogP contribution in [0, 0.1) is 13.8 Å². The molecule has 0 unspecified atom stereocenters. The molecule has 0 aliphatic carbocycles. The van der Waals surface area contributed by atoms with E-state index in [1.807, 2.05) is 0 Å². The van der Waals surface area contributed by atoms with E-state index >= 15 is 0 Å². The predicted molar refractivity (Wildman–Crippen MR) is 58.7 cm³/mol. The highest BCUT2D eigenvalue weighted by atomic mass is 127. The third-order valence-electron chi connectivity index (χ3n) is 1.61. The Morgan fingerprint density at radius 2 is 2.19 bits per heavy atom. The number of hydrogen-bond donors (Lipinski definition) is 0. The number of aromatic nitrogens is 1. The van der Waals surface area contributed by atoms with Crippen molar-refractivity contribution in [2.24, 2.45) is 0 Å². The van der Waals surface area contributed by atoms with Crippen LogP contribution in [0.2, 0.25) is 0 Å². The van der Waals surface area contributed by atoms with Crippen molar-refractivity contribution in [3.63, 3.8) is 0 Å². The van der Waals surface area contributed by atoms with Crippen molar-refractivity contribution < 1.29 is 18.5 Å². The van der Waals surface area contributed by atoms with Gasteiger partial charge in [0.15, 0.2) is 0 Å². The van der Waals surface area contributed by atoms with Crippen molar-refractivity contribution in [1.82, 2.24) is 4.98 Å². The van der Waals surface area contributed by atoms with Crippen molar-refractivity contribution >= 4 is 45.1 Å².